The molecule has 0 unspecified atom stereocenters. The van der Waals surface area contributed by atoms with Crippen molar-refractivity contribution >= 4 is 5.57 Å². The average molecular weight is 346 g/mol. The number of rotatable bonds is 5. The molecule has 2 aromatic rings. The van der Waals surface area contributed by atoms with E-state index in [1.165, 1.54) is 33.4 Å². The fraction of sp³-hybridized carbons (Fsp3) is 0.360. The van der Waals surface area contributed by atoms with Crippen molar-refractivity contribution < 1.29 is 0 Å². The van der Waals surface area contributed by atoms with E-state index in [-0.39, 0.29) is 0 Å². The number of benzene rings is 2. The predicted octanol–water partition coefficient (Wildman–Crippen LogP) is 5.91. The summed E-state index contributed by atoms with van der Waals surface area (Å²) in [6.45, 7) is 15.7. The first-order valence-electron chi connectivity index (χ1n) is 9.46. The smallest absolute Gasteiger partial charge is 0.0608 e. The summed E-state index contributed by atoms with van der Waals surface area (Å²) >= 11 is 0. The van der Waals surface area contributed by atoms with Crippen molar-refractivity contribution in [1.29, 1.82) is 0 Å². The molecule has 136 valence electrons. The molecule has 26 heavy (non-hydrogen) atoms. The van der Waals surface area contributed by atoms with Crippen molar-refractivity contribution in [2.45, 2.75) is 48.1 Å². The van der Waals surface area contributed by atoms with Crippen LogP contribution in [0.5, 0.6) is 0 Å². The molecule has 0 aliphatic carbocycles. The van der Waals surface area contributed by atoms with Crippen LogP contribution in [0.1, 0.15) is 54.2 Å². The number of aryl methyl sites for hydroxylation is 3. The quantitative estimate of drug-likeness (QED) is 0.609. The molecule has 0 aromatic heterocycles. The molecule has 0 saturated heterocycles. The van der Waals surface area contributed by atoms with Gasteiger partial charge in [-0.25, -0.2) is 0 Å². The Bertz CT molecular complexity index is 846. The van der Waals surface area contributed by atoms with E-state index < -0.39 is 0 Å². The summed E-state index contributed by atoms with van der Waals surface area (Å²) in [5, 5.41) is 0. The Labute approximate surface area is 159 Å². The lowest BCUT2D eigenvalue weighted by Crippen LogP contribution is -2.23. The lowest BCUT2D eigenvalue weighted by atomic mass is 9.95. The molecule has 0 spiro atoms. The van der Waals surface area contributed by atoms with Gasteiger partial charge in [0.1, 0.15) is 0 Å². The minimum atomic E-state index is 0.788. The van der Waals surface area contributed by atoms with Crippen LogP contribution in [0.25, 0.3) is 5.57 Å². The Hall–Kier alpha value is -2.30. The third-order valence-corrected chi connectivity index (χ3v) is 5.06. The van der Waals surface area contributed by atoms with Gasteiger partial charge in [0.25, 0.3) is 0 Å². The molecule has 2 rings (SSSR count). The fourth-order valence-electron chi connectivity index (χ4n) is 3.12. The Morgan fingerprint density at radius 3 is 2.42 bits per heavy atom. The third-order valence-electron chi connectivity index (χ3n) is 5.06. The molecule has 1 nitrogen and oxygen atoms in total. The van der Waals surface area contributed by atoms with Crippen LogP contribution >= 0.6 is 0 Å². The SMILES string of the molecule is C/C=C(/C)c1cc(C#CCN(CC)Cc2ccccc2C)c(C)cc1C. The monoisotopic (exact) mass is 345 g/mol. The van der Waals surface area contributed by atoms with E-state index >= 15 is 0 Å². The normalized spacial score (nSPS) is 11.4. The predicted molar refractivity (Wildman–Crippen MR) is 114 cm³/mol. The van der Waals surface area contributed by atoms with Crippen LogP contribution in [0.3, 0.4) is 0 Å². The lowest BCUT2D eigenvalue weighted by Gasteiger charge is -2.18. The van der Waals surface area contributed by atoms with Gasteiger partial charge in [-0.2, -0.15) is 0 Å². The summed E-state index contributed by atoms with van der Waals surface area (Å²) < 4.78 is 0. The van der Waals surface area contributed by atoms with Gasteiger partial charge in [0.05, 0.1) is 6.54 Å². The molecule has 0 radical (unpaired) electrons. The first-order chi connectivity index (χ1) is 12.5. The summed E-state index contributed by atoms with van der Waals surface area (Å²) in [6, 6.07) is 13.1. The molecule has 0 bridgehead atoms. The van der Waals surface area contributed by atoms with E-state index in [0.717, 1.165) is 25.2 Å². The zero-order chi connectivity index (χ0) is 19.1. The second kappa shape index (κ2) is 9.41. The Morgan fingerprint density at radius 1 is 1.04 bits per heavy atom. The second-order valence-corrected chi connectivity index (χ2v) is 6.99. The van der Waals surface area contributed by atoms with Gasteiger partial charge < -0.3 is 0 Å². The molecule has 0 atom stereocenters. The van der Waals surface area contributed by atoms with E-state index in [0.29, 0.717) is 0 Å². The van der Waals surface area contributed by atoms with E-state index in [4.69, 9.17) is 0 Å². The van der Waals surface area contributed by atoms with Gasteiger partial charge in [-0.3, -0.25) is 4.90 Å². The zero-order valence-corrected chi connectivity index (χ0v) is 17.1. The first-order valence-corrected chi connectivity index (χ1v) is 9.46. The van der Waals surface area contributed by atoms with Gasteiger partial charge in [-0.05, 0) is 80.6 Å². The Morgan fingerprint density at radius 2 is 1.77 bits per heavy atom. The number of allylic oxidation sites excluding steroid dienone is 2. The van der Waals surface area contributed by atoms with Crippen molar-refractivity contribution in [2.75, 3.05) is 13.1 Å². The summed E-state index contributed by atoms with van der Waals surface area (Å²) in [7, 11) is 0. The molecule has 0 N–H and O–H groups in total. The summed E-state index contributed by atoms with van der Waals surface area (Å²) in [5.74, 6) is 6.80. The van der Waals surface area contributed by atoms with E-state index in [9.17, 15) is 0 Å². The minimum absolute atomic E-state index is 0.788. The van der Waals surface area contributed by atoms with E-state index in [2.05, 4.69) is 101 Å². The second-order valence-electron chi connectivity index (χ2n) is 6.99. The maximum atomic E-state index is 3.41. The highest BCUT2D eigenvalue weighted by Gasteiger charge is 2.06. The number of hydrogen-bond acceptors (Lipinski definition) is 1. The van der Waals surface area contributed by atoms with Crippen molar-refractivity contribution in [3.8, 4) is 11.8 Å². The molecule has 0 amide bonds. The standard InChI is InChI=1S/C25H31N/c1-7-19(3)25-17-23(21(5)16-22(25)6)14-11-15-26(8-2)18-24-13-10-9-12-20(24)4/h7,9-10,12-13,16-17H,8,15,18H2,1-6H3/b19-7-. The Kier molecular flexibility index (Phi) is 7.25. The maximum absolute atomic E-state index is 3.41. The summed E-state index contributed by atoms with van der Waals surface area (Å²) in [4.78, 5) is 2.39. The van der Waals surface area contributed by atoms with Gasteiger partial charge in [-0.1, -0.05) is 55.2 Å². The summed E-state index contributed by atoms with van der Waals surface area (Å²) in [5.41, 5.74) is 9.05. The summed E-state index contributed by atoms with van der Waals surface area (Å²) in [6.07, 6.45) is 2.16. The molecular weight excluding hydrogens is 314 g/mol. The van der Waals surface area contributed by atoms with Crippen LogP contribution in [-0.2, 0) is 6.54 Å². The highest BCUT2D eigenvalue weighted by Crippen LogP contribution is 2.22. The molecule has 0 aliphatic heterocycles. The van der Waals surface area contributed by atoms with Crippen molar-refractivity contribution in [1.82, 2.24) is 4.90 Å². The fourth-order valence-corrected chi connectivity index (χ4v) is 3.12. The van der Waals surface area contributed by atoms with Crippen molar-refractivity contribution in [2.24, 2.45) is 0 Å². The third kappa shape index (κ3) is 5.10. The number of nitrogens with zero attached hydrogens (tertiary/aromatic N) is 1. The van der Waals surface area contributed by atoms with Crippen LogP contribution in [0.2, 0.25) is 0 Å². The van der Waals surface area contributed by atoms with Crippen LogP contribution in [0.15, 0.2) is 42.5 Å². The van der Waals surface area contributed by atoms with Gasteiger partial charge in [0.2, 0.25) is 0 Å². The average Bonchev–Trinajstić information content (AvgIpc) is 2.63. The van der Waals surface area contributed by atoms with Crippen molar-refractivity contribution in [3.05, 3.63) is 75.9 Å². The van der Waals surface area contributed by atoms with Crippen LogP contribution in [0, 0.1) is 32.6 Å². The van der Waals surface area contributed by atoms with Crippen LogP contribution < -0.4 is 0 Å². The Balaban J connectivity index is 2.16. The lowest BCUT2D eigenvalue weighted by molar-refractivity contribution is 0.315. The van der Waals surface area contributed by atoms with Gasteiger partial charge >= 0.3 is 0 Å². The zero-order valence-electron chi connectivity index (χ0n) is 17.1. The minimum Gasteiger partial charge on any atom is -0.288 e. The topological polar surface area (TPSA) is 3.24 Å². The molecule has 1 heteroatoms. The molecule has 2 aromatic carbocycles. The molecule has 0 saturated carbocycles. The first kappa shape index (κ1) is 20.0. The van der Waals surface area contributed by atoms with Gasteiger partial charge in [0.15, 0.2) is 0 Å². The van der Waals surface area contributed by atoms with Crippen LogP contribution in [0.4, 0.5) is 0 Å². The molecule has 0 aliphatic rings. The van der Waals surface area contributed by atoms with Crippen molar-refractivity contribution in [3.63, 3.8) is 0 Å². The van der Waals surface area contributed by atoms with Crippen LogP contribution in [-0.4, -0.2) is 18.0 Å². The van der Waals surface area contributed by atoms with E-state index in [1.54, 1.807) is 0 Å². The highest BCUT2D eigenvalue weighted by atomic mass is 15.1. The molecule has 0 fully saturated rings. The molecular formula is C25H31N. The largest absolute Gasteiger partial charge is 0.288 e. The highest BCUT2D eigenvalue weighted by molar-refractivity contribution is 5.68. The number of hydrogen-bond donors (Lipinski definition) is 0. The van der Waals surface area contributed by atoms with Gasteiger partial charge in [-0.15, -0.1) is 0 Å². The van der Waals surface area contributed by atoms with E-state index in [1.807, 2.05) is 0 Å². The molecule has 0 heterocycles. The van der Waals surface area contributed by atoms with Gasteiger partial charge in [0, 0.05) is 12.1 Å². The maximum Gasteiger partial charge on any atom is 0.0608 e.